The molecule has 3 nitrogen and oxygen atoms in total. The van der Waals surface area contributed by atoms with Crippen molar-refractivity contribution in [2.45, 2.75) is 10.4 Å². The monoisotopic (exact) mass is 287 g/mol. The summed E-state index contributed by atoms with van der Waals surface area (Å²) >= 11 is 1.54. The molecule has 0 aliphatic rings. The molecule has 0 spiro atoms. The Morgan fingerprint density at radius 3 is 2.20 bits per heavy atom. The number of nitrogens with two attached hydrogens (primary N) is 1. The largest absolute Gasteiger partial charge is 0.467 e. The molecule has 0 saturated heterocycles. The second-order valence-electron chi connectivity index (χ2n) is 4.43. The molecule has 0 aromatic heterocycles. The summed E-state index contributed by atoms with van der Waals surface area (Å²) in [4.78, 5) is 13.2. The molecular weight excluding hydrogens is 270 g/mol. The zero-order valence-corrected chi connectivity index (χ0v) is 12.1. The molecular formula is C16H17NO2S. The molecule has 0 aliphatic heterocycles. The van der Waals surface area contributed by atoms with Crippen molar-refractivity contribution in [2.75, 3.05) is 12.9 Å². The van der Waals surface area contributed by atoms with E-state index in [9.17, 15) is 4.79 Å². The molecule has 0 radical (unpaired) electrons. The maximum Gasteiger partial charge on any atom is 0.331 e. The van der Waals surface area contributed by atoms with E-state index in [1.807, 2.05) is 60.7 Å². The minimum atomic E-state index is -1.14. The van der Waals surface area contributed by atoms with Gasteiger partial charge in [0.05, 0.1) is 7.11 Å². The summed E-state index contributed by atoms with van der Waals surface area (Å²) in [7, 11) is 1.36. The van der Waals surface area contributed by atoms with Gasteiger partial charge in [-0.2, -0.15) is 0 Å². The molecule has 0 aliphatic carbocycles. The third-order valence-electron chi connectivity index (χ3n) is 3.05. The minimum Gasteiger partial charge on any atom is -0.467 e. The Labute approximate surface area is 123 Å². The molecule has 2 aromatic rings. The van der Waals surface area contributed by atoms with Crippen LogP contribution >= 0.6 is 11.8 Å². The molecule has 2 rings (SSSR count). The number of esters is 1. The van der Waals surface area contributed by atoms with E-state index in [0.29, 0.717) is 5.75 Å². The lowest BCUT2D eigenvalue weighted by atomic mass is 9.93. The van der Waals surface area contributed by atoms with E-state index >= 15 is 0 Å². The van der Waals surface area contributed by atoms with Crippen LogP contribution in [-0.2, 0) is 15.1 Å². The van der Waals surface area contributed by atoms with Crippen molar-refractivity contribution in [3.63, 3.8) is 0 Å². The van der Waals surface area contributed by atoms with Crippen LogP contribution in [0.3, 0.4) is 0 Å². The third-order valence-corrected chi connectivity index (χ3v) is 4.25. The summed E-state index contributed by atoms with van der Waals surface area (Å²) in [5, 5.41) is 0. The Hall–Kier alpha value is -1.78. The van der Waals surface area contributed by atoms with Crippen molar-refractivity contribution in [2.24, 2.45) is 5.73 Å². The highest BCUT2D eigenvalue weighted by atomic mass is 32.2. The molecule has 0 fully saturated rings. The maximum atomic E-state index is 12.1. The zero-order chi connectivity index (χ0) is 14.4. The molecule has 1 atom stereocenters. The van der Waals surface area contributed by atoms with Crippen molar-refractivity contribution in [1.29, 1.82) is 0 Å². The molecule has 104 valence electrons. The van der Waals surface area contributed by atoms with Crippen molar-refractivity contribution in [1.82, 2.24) is 0 Å². The van der Waals surface area contributed by atoms with Crippen LogP contribution in [0.5, 0.6) is 0 Å². The number of thioether (sulfide) groups is 1. The number of methoxy groups -OCH3 is 1. The second kappa shape index (κ2) is 6.59. The summed E-state index contributed by atoms with van der Waals surface area (Å²) < 4.78 is 4.88. The summed E-state index contributed by atoms with van der Waals surface area (Å²) in [6.07, 6.45) is 0. The van der Waals surface area contributed by atoms with Gasteiger partial charge in [0.1, 0.15) is 5.54 Å². The predicted octanol–water partition coefficient (Wildman–Crippen LogP) is 2.81. The normalized spacial score (nSPS) is 13.5. The first-order valence-electron chi connectivity index (χ1n) is 6.27. The van der Waals surface area contributed by atoms with Gasteiger partial charge in [-0.05, 0) is 17.7 Å². The number of ether oxygens (including phenoxy) is 1. The van der Waals surface area contributed by atoms with Gasteiger partial charge in [-0.15, -0.1) is 11.8 Å². The molecule has 0 bridgehead atoms. The zero-order valence-electron chi connectivity index (χ0n) is 11.3. The van der Waals surface area contributed by atoms with E-state index in [-0.39, 0.29) is 0 Å². The van der Waals surface area contributed by atoms with Crippen LogP contribution in [0.4, 0.5) is 0 Å². The Kier molecular flexibility index (Phi) is 4.82. The highest BCUT2D eigenvalue weighted by Crippen LogP contribution is 2.28. The molecule has 2 N–H and O–H groups in total. The van der Waals surface area contributed by atoms with E-state index in [1.165, 1.54) is 7.11 Å². The van der Waals surface area contributed by atoms with Crippen molar-refractivity contribution < 1.29 is 9.53 Å². The first kappa shape index (κ1) is 14.6. The van der Waals surface area contributed by atoms with Crippen LogP contribution in [0.2, 0.25) is 0 Å². The molecule has 0 saturated carbocycles. The highest BCUT2D eigenvalue weighted by molar-refractivity contribution is 7.99. The number of rotatable bonds is 5. The van der Waals surface area contributed by atoms with Crippen molar-refractivity contribution in [3.8, 4) is 0 Å². The lowest BCUT2D eigenvalue weighted by Gasteiger charge is -2.26. The van der Waals surface area contributed by atoms with E-state index in [1.54, 1.807) is 11.8 Å². The average Bonchev–Trinajstić information content (AvgIpc) is 2.53. The van der Waals surface area contributed by atoms with Crippen LogP contribution in [0.25, 0.3) is 0 Å². The van der Waals surface area contributed by atoms with Crippen molar-refractivity contribution in [3.05, 3.63) is 66.2 Å². The fourth-order valence-electron chi connectivity index (χ4n) is 1.89. The number of carbonyl (C=O) groups is 1. The SMILES string of the molecule is COC(=O)C(N)(CSc1ccccc1)c1ccccc1. The summed E-state index contributed by atoms with van der Waals surface area (Å²) in [6.45, 7) is 0. The van der Waals surface area contributed by atoms with Gasteiger partial charge in [0.25, 0.3) is 0 Å². The number of carbonyl (C=O) groups excluding carboxylic acids is 1. The average molecular weight is 287 g/mol. The van der Waals surface area contributed by atoms with E-state index in [4.69, 9.17) is 10.5 Å². The van der Waals surface area contributed by atoms with Gasteiger partial charge in [0.15, 0.2) is 0 Å². The first-order chi connectivity index (χ1) is 9.66. The van der Waals surface area contributed by atoms with Crippen LogP contribution < -0.4 is 5.73 Å². The highest BCUT2D eigenvalue weighted by Gasteiger charge is 2.37. The fourth-order valence-corrected chi connectivity index (χ4v) is 2.92. The number of hydrogen-bond acceptors (Lipinski definition) is 4. The predicted molar refractivity (Wildman–Crippen MR) is 81.5 cm³/mol. The topological polar surface area (TPSA) is 52.3 Å². The van der Waals surface area contributed by atoms with E-state index in [0.717, 1.165) is 10.5 Å². The van der Waals surface area contributed by atoms with Crippen LogP contribution in [-0.4, -0.2) is 18.8 Å². The van der Waals surface area contributed by atoms with Gasteiger partial charge in [0, 0.05) is 10.6 Å². The third kappa shape index (κ3) is 3.21. The first-order valence-corrected chi connectivity index (χ1v) is 7.26. The lowest BCUT2D eigenvalue weighted by molar-refractivity contribution is -0.146. The standard InChI is InChI=1S/C16H17NO2S/c1-19-15(18)16(17,13-8-4-2-5-9-13)12-20-14-10-6-3-7-11-14/h2-11H,12,17H2,1H3. The van der Waals surface area contributed by atoms with Gasteiger partial charge in [-0.25, -0.2) is 4.79 Å². The Morgan fingerprint density at radius 1 is 1.10 bits per heavy atom. The Morgan fingerprint density at radius 2 is 1.65 bits per heavy atom. The smallest absolute Gasteiger partial charge is 0.331 e. The second-order valence-corrected chi connectivity index (χ2v) is 5.48. The quantitative estimate of drug-likeness (QED) is 0.678. The van der Waals surface area contributed by atoms with Crippen LogP contribution in [0.1, 0.15) is 5.56 Å². The van der Waals surface area contributed by atoms with Gasteiger partial charge in [0.2, 0.25) is 0 Å². The van der Waals surface area contributed by atoms with Crippen LogP contribution in [0.15, 0.2) is 65.6 Å². The Bertz CT molecular complexity index is 559. The van der Waals surface area contributed by atoms with Gasteiger partial charge >= 0.3 is 5.97 Å². The molecule has 2 aromatic carbocycles. The number of benzene rings is 2. The molecule has 0 amide bonds. The van der Waals surface area contributed by atoms with E-state index < -0.39 is 11.5 Å². The van der Waals surface area contributed by atoms with Crippen LogP contribution in [0, 0.1) is 0 Å². The summed E-state index contributed by atoms with van der Waals surface area (Å²) in [6, 6.07) is 19.2. The lowest BCUT2D eigenvalue weighted by Crippen LogP contribution is -2.48. The molecule has 4 heteroatoms. The molecule has 0 heterocycles. The van der Waals surface area contributed by atoms with E-state index in [2.05, 4.69) is 0 Å². The minimum absolute atomic E-state index is 0.424. The van der Waals surface area contributed by atoms with Gasteiger partial charge in [-0.3, -0.25) is 0 Å². The van der Waals surface area contributed by atoms with Gasteiger partial charge < -0.3 is 10.5 Å². The van der Waals surface area contributed by atoms with Gasteiger partial charge in [-0.1, -0.05) is 48.5 Å². The maximum absolute atomic E-state index is 12.1. The molecule has 1 unspecified atom stereocenters. The summed E-state index contributed by atoms with van der Waals surface area (Å²) in [5.74, 6) is 0.000353. The summed E-state index contributed by atoms with van der Waals surface area (Å²) in [5.41, 5.74) is 5.94. The van der Waals surface area contributed by atoms with Crippen molar-refractivity contribution >= 4 is 17.7 Å². The fraction of sp³-hybridized carbons (Fsp3) is 0.188. The molecule has 20 heavy (non-hydrogen) atoms. The Balaban J connectivity index is 2.22. The number of hydrogen-bond donors (Lipinski definition) is 1.